The van der Waals surface area contributed by atoms with Gasteiger partial charge in [-0.1, -0.05) is 18.2 Å². The fourth-order valence-electron chi connectivity index (χ4n) is 2.35. The first-order valence-electron chi connectivity index (χ1n) is 6.57. The Morgan fingerprint density at radius 3 is 2.55 bits per heavy atom. The monoisotopic (exact) mass is 340 g/mol. The van der Waals surface area contributed by atoms with Gasteiger partial charge in [0.1, 0.15) is 5.75 Å². The Labute approximate surface area is 141 Å². The SMILES string of the molecule is Cl.Cl.Nc1nnc(-c2ccccc2O)cc1C1=CCNCC1. The Kier molecular flexibility index (Phi) is 6.61. The largest absolute Gasteiger partial charge is 0.507 e. The summed E-state index contributed by atoms with van der Waals surface area (Å²) < 4.78 is 0. The normalized spacial score (nSPS) is 13.5. The lowest BCUT2D eigenvalue weighted by Crippen LogP contribution is -2.20. The van der Waals surface area contributed by atoms with E-state index in [0.717, 1.165) is 25.1 Å². The zero-order valence-corrected chi connectivity index (χ0v) is 13.5. The number of rotatable bonds is 2. The maximum atomic E-state index is 9.91. The van der Waals surface area contributed by atoms with Crippen LogP contribution in [-0.2, 0) is 0 Å². The van der Waals surface area contributed by atoms with E-state index in [4.69, 9.17) is 5.73 Å². The smallest absolute Gasteiger partial charge is 0.153 e. The Morgan fingerprint density at radius 2 is 1.86 bits per heavy atom. The molecule has 4 N–H and O–H groups in total. The van der Waals surface area contributed by atoms with Crippen molar-refractivity contribution in [3.05, 3.63) is 42.0 Å². The van der Waals surface area contributed by atoms with Crippen LogP contribution in [0.25, 0.3) is 16.8 Å². The van der Waals surface area contributed by atoms with Gasteiger partial charge in [-0.05, 0) is 36.7 Å². The lowest BCUT2D eigenvalue weighted by atomic mass is 9.99. The second kappa shape index (κ2) is 7.98. The molecule has 0 amide bonds. The molecule has 1 aromatic heterocycles. The highest BCUT2D eigenvalue weighted by Crippen LogP contribution is 2.31. The van der Waals surface area contributed by atoms with Crippen molar-refractivity contribution in [2.75, 3.05) is 18.8 Å². The number of nitrogens with one attached hydrogen (secondary N) is 1. The maximum Gasteiger partial charge on any atom is 0.153 e. The number of halogens is 2. The van der Waals surface area contributed by atoms with Gasteiger partial charge in [-0.25, -0.2) is 0 Å². The molecule has 0 saturated heterocycles. The number of benzene rings is 1. The standard InChI is InChI=1S/C15H16N4O.2ClH/c16-15-12(10-5-7-17-8-6-10)9-13(18-19-15)11-3-1-2-4-14(11)20;;/h1-5,9,17,20H,6-8H2,(H2,16,19);2*1H. The predicted molar refractivity (Wildman–Crippen MR) is 93.5 cm³/mol. The summed E-state index contributed by atoms with van der Waals surface area (Å²) in [6.45, 7) is 1.77. The number of nitrogen functional groups attached to an aromatic ring is 1. The first-order chi connectivity index (χ1) is 9.75. The van der Waals surface area contributed by atoms with Gasteiger partial charge in [-0.15, -0.1) is 35.0 Å². The van der Waals surface area contributed by atoms with Gasteiger partial charge < -0.3 is 16.2 Å². The van der Waals surface area contributed by atoms with Gasteiger partial charge in [-0.2, -0.15) is 0 Å². The molecule has 1 aliphatic heterocycles. The van der Waals surface area contributed by atoms with Crippen LogP contribution in [0.2, 0.25) is 0 Å². The number of nitrogens with two attached hydrogens (primary N) is 1. The minimum atomic E-state index is 0. The average Bonchev–Trinajstić information content (AvgIpc) is 2.49. The molecule has 0 radical (unpaired) electrons. The van der Waals surface area contributed by atoms with E-state index in [1.54, 1.807) is 12.1 Å². The van der Waals surface area contributed by atoms with Gasteiger partial charge in [0.15, 0.2) is 5.82 Å². The molecule has 3 rings (SSSR count). The summed E-state index contributed by atoms with van der Waals surface area (Å²) in [4.78, 5) is 0. The second-order valence-corrected chi connectivity index (χ2v) is 4.73. The lowest BCUT2D eigenvalue weighted by Gasteiger charge is -2.16. The molecule has 0 fully saturated rings. The molecule has 0 atom stereocenters. The van der Waals surface area contributed by atoms with Crippen molar-refractivity contribution >= 4 is 36.2 Å². The molecule has 0 unspecified atom stereocenters. The molecular weight excluding hydrogens is 323 g/mol. The molecule has 1 aromatic carbocycles. The van der Waals surface area contributed by atoms with Gasteiger partial charge in [0.05, 0.1) is 5.69 Å². The topological polar surface area (TPSA) is 84.1 Å². The van der Waals surface area contributed by atoms with Crippen LogP contribution in [0, 0.1) is 0 Å². The highest BCUT2D eigenvalue weighted by Gasteiger charge is 2.13. The van der Waals surface area contributed by atoms with Crippen LogP contribution >= 0.6 is 24.8 Å². The minimum absolute atomic E-state index is 0. The van der Waals surface area contributed by atoms with Gasteiger partial charge in [-0.3, -0.25) is 0 Å². The first kappa shape index (κ1) is 18.2. The lowest BCUT2D eigenvalue weighted by molar-refractivity contribution is 0.477. The summed E-state index contributed by atoms with van der Waals surface area (Å²) >= 11 is 0. The van der Waals surface area contributed by atoms with E-state index in [9.17, 15) is 5.11 Å². The van der Waals surface area contributed by atoms with E-state index >= 15 is 0 Å². The van der Waals surface area contributed by atoms with Crippen molar-refractivity contribution < 1.29 is 5.11 Å². The quantitative estimate of drug-likeness (QED) is 0.782. The molecule has 1 aliphatic rings. The molecule has 0 aliphatic carbocycles. The van der Waals surface area contributed by atoms with Crippen LogP contribution in [0.3, 0.4) is 0 Å². The Morgan fingerprint density at radius 1 is 1.09 bits per heavy atom. The Balaban J connectivity index is 0.00000121. The molecule has 0 bridgehead atoms. The van der Waals surface area contributed by atoms with Crippen LogP contribution in [-0.4, -0.2) is 28.4 Å². The molecule has 2 heterocycles. The number of phenolic OH excluding ortho intramolecular Hbond substituents is 1. The van der Waals surface area contributed by atoms with Crippen molar-refractivity contribution in [3.63, 3.8) is 0 Å². The van der Waals surface area contributed by atoms with E-state index in [1.807, 2.05) is 18.2 Å². The molecule has 5 nitrogen and oxygen atoms in total. The Hall–Kier alpha value is -1.82. The summed E-state index contributed by atoms with van der Waals surface area (Å²) in [5.74, 6) is 0.620. The summed E-state index contributed by atoms with van der Waals surface area (Å²) in [7, 11) is 0. The van der Waals surface area contributed by atoms with Crippen LogP contribution in [0.1, 0.15) is 12.0 Å². The van der Waals surface area contributed by atoms with Crippen LogP contribution in [0.4, 0.5) is 5.82 Å². The van der Waals surface area contributed by atoms with E-state index in [0.29, 0.717) is 17.1 Å². The van der Waals surface area contributed by atoms with Gasteiger partial charge in [0, 0.05) is 17.7 Å². The van der Waals surface area contributed by atoms with E-state index in [1.165, 1.54) is 5.57 Å². The van der Waals surface area contributed by atoms with Gasteiger partial charge in [0.2, 0.25) is 0 Å². The third-order valence-electron chi connectivity index (χ3n) is 3.41. The van der Waals surface area contributed by atoms with Crippen LogP contribution < -0.4 is 11.1 Å². The van der Waals surface area contributed by atoms with Crippen LogP contribution in [0.15, 0.2) is 36.4 Å². The highest BCUT2D eigenvalue weighted by atomic mass is 35.5. The molecule has 7 heteroatoms. The van der Waals surface area contributed by atoms with E-state index in [2.05, 4.69) is 21.6 Å². The molecule has 0 saturated carbocycles. The fourth-order valence-corrected chi connectivity index (χ4v) is 2.35. The number of phenols is 1. The van der Waals surface area contributed by atoms with E-state index in [-0.39, 0.29) is 30.6 Å². The molecule has 0 spiro atoms. The predicted octanol–water partition coefficient (Wildman–Crippen LogP) is 2.65. The van der Waals surface area contributed by atoms with Crippen molar-refractivity contribution in [3.8, 4) is 17.0 Å². The summed E-state index contributed by atoms with van der Waals surface area (Å²) in [5.41, 5.74) is 9.31. The average molecular weight is 341 g/mol. The number of anilines is 1. The number of hydrogen-bond acceptors (Lipinski definition) is 5. The molecule has 118 valence electrons. The third kappa shape index (κ3) is 3.68. The highest BCUT2D eigenvalue weighted by molar-refractivity contribution is 5.85. The summed E-state index contributed by atoms with van der Waals surface area (Å²) in [5, 5.41) is 21.3. The molecule has 2 aromatic rings. The summed E-state index contributed by atoms with van der Waals surface area (Å²) in [6, 6.07) is 8.98. The number of aromatic nitrogens is 2. The first-order valence-corrected chi connectivity index (χ1v) is 6.57. The van der Waals surface area contributed by atoms with Crippen molar-refractivity contribution in [2.45, 2.75) is 6.42 Å². The van der Waals surface area contributed by atoms with E-state index < -0.39 is 0 Å². The van der Waals surface area contributed by atoms with Crippen molar-refractivity contribution in [2.24, 2.45) is 0 Å². The molecule has 22 heavy (non-hydrogen) atoms. The summed E-state index contributed by atoms with van der Waals surface area (Å²) in [6.07, 6.45) is 3.03. The fraction of sp³-hybridized carbons (Fsp3) is 0.200. The van der Waals surface area contributed by atoms with Gasteiger partial charge >= 0.3 is 0 Å². The minimum Gasteiger partial charge on any atom is -0.507 e. The number of para-hydroxylation sites is 1. The Bertz CT molecular complexity index is 676. The number of nitrogens with zero attached hydrogens (tertiary/aromatic N) is 2. The van der Waals surface area contributed by atoms with Gasteiger partial charge in [0.25, 0.3) is 0 Å². The number of aromatic hydroxyl groups is 1. The van der Waals surface area contributed by atoms with Crippen LogP contribution in [0.5, 0.6) is 5.75 Å². The third-order valence-corrected chi connectivity index (χ3v) is 3.41. The maximum absolute atomic E-state index is 9.91. The number of hydrogen-bond donors (Lipinski definition) is 3. The van der Waals surface area contributed by atoms with Crippen molar-refractivity contribution in [1.29, 1.82) is 0 Å². The van der Waals surface area contributed by atoms with Crippen molar-refractivity contribution in [1.82, 2.24) is 15.5 Å². The zero-order valence-electron chi connectivity index (χ0n) is 11.8. The second-order valence-electron chi connectivity index (χ2n) is 4.73. The molecular formula is C15H18Cl2N4O. The zero-order chi connectivity index (χ0) is 13.9.